The van der Waals surface area contributed by atoms with Crippen LogP contribution in [0.2, 0.25) is 0 Å². The van der Waals surface area contributed by atoms with Gasteiger partial charge in [0.25, 0.3) is 0 Å². The number of carboxylic acid groups (broad SMARTS) is 1. The first-order valence-electron chi connectivity index (χ1n) is 7.48. The number of carbonyl (C=O) groups is 3. The zero-order chi connectivity index (χ0) is 16.9. The van der Waals surface area contributed by atoms with Crippen LogP contribution in [0.15, 0.2) is 34.9 Å². The number of carboxylic acids is 1. The number of hydrogen-bond acceptors (Lipinski definition) is 4. The smallest absolute Gasteiger partial charge is 0.158 e. The molecule has 1 rings (SSSR count). The van der Waals surface area contributed by atoms with Crippen molar-refractivity contribution in [2.45, 2.75) is 53.4 Å². The van der Waals surface area contributed by atoms with Gasteiger partial charge in [0.15, 0.2) is 5.78 Å². The first kappa shape index (κ1) is 18.1. The van der Waals surface area contributed by atoms with Gasteiger partial charge in [0.05, 0.1) is 5.97 Å². The number of hydrogen-bond donors (Lipinski definition) is 0. The molecule has 1 aliphatic rings. The van der Waals surface area contributed by atoms with E-state index in [9.17, 15) is 19.5 Å². The van der Waals surface area contributed by atoms with Gasteiger partial charge in [-0.2, -0.15) is 0 Å². The Labute approximate surface area is 131 Å². The van der Waals surface area contributed by atoms with Crippen LogP contribution in [0.4, 0.5) is 0 Å². The SMILES string of the molecule is CC(=O)CC/C=C(C)/C=C/C1=C(C)C(=O)CCC1(C)C(=O)[O-]. The van der Waals surface area contributed by atoms with Gasteiger partial charge < -0.3 is 14.7 Å². The molecule has 0 fully saturated rings. The van der Waals surface area contributed by atoms with E-state index >= 15 is 0 Å². The highest BCUT2D eigenvalue weighted by Crippen LogP contribution is 2.39. The topological polar surface area (TPSA) is 74.3 Å². The number of allylic oxidation sites excluding steroid dienone is 5. The summed E-state index contributed by atoms with van der Waals surface area (Å²) in [5, 5.41) is 11.5. The van der Waals surface area contributed by atoms with E-state index in [-0.39, 0.29) is 24.4 Å². The summed E-state index contributed by atoms with van der Waals surface area (Å²) in [6, 6.07) is 0. The molecule has 0 bridgehead atoms. The van der Waals surface area contributed by atoms with Gasteiger partial charge in [0, 0.05) is 18.3 Å². The van der Waals surface area contributed by atoms with Crippen LogP contribution in [-0.2, 0) is 14.4 Å². The average molecular weight is 303 g/mol. The Morgan fingerprint density at radius 2 is 1.95 bits per heavy atom. The first-order chi connectivity index (χ1) is 10.2. The largest absolute Gasteiger partial charge is 0.549 e. The Balaban J connectivity index is 3.02. The van der Waals surface area contributed by atoms with E-state index in [0.29, 0.717) is 24.0 Å². The average Bonchev–Trinajstić information content (AvgIpc) is 2.42. The van der Waals surface area contributed by atoms with Crippen LogP contribution in [0.25, 0.3) is 0 Å². The molecule has 0 spiro atoms. The molecule has 4 nitrogen and oxygen atoms in total. The number of carbonyl (C=O) groups excluding carboxylic acids is 3. The van der Waals surface area contributed by atoms with Gasteiger partial charge in [-0.05, 0) is 44.8 Å². The second-order valence-electron chi connectivity index (χ2n) is 6.10. The third-order valence-electron chi connectivity index (χ3n) is 4.19. The summed E-state index contributed by atoms with van der Waals surface area (Å²) in [6.45, 7) is 6.70. The summed E-state index contributed by atoms with van der Waals surface area (Å²) >= 11 is 0. The normalized spacial score (nSPS) is 23.3. The molecule has 0 N–H and O–H groups in total. The van der Waals surface area contributed by atoms with Crippen molar-refractivity contribution >= 4 is 17.5 Å². The molecule has 1 aliphatic carbocycles. The summed E-state index contributed by atoms with van der Waals surface area (Å²) in [4.78, 5) is 34.2. The Kier molecular flexibility index (Phi) is 6.03. The summed E-state index contributed by atoms with van der Waals surface area (Å²) in [6.07, 6.45) is 7.05. The fraction of sp³-hybridized carbons (Fsp3) is 0.500. The Morgan fingerprint density at radius 1 is 1.32 bits per heavy atom. The third kappa shape index (κ3) is 4.26. The molecule has 1 unspecified atom stereocenters. The molecule has 22 heavy (non-hydrogen) atoms. The molecule has 0 radical (unpaired) electrons. The van der Waals surface area contributed by atoms with Crippen molar-refractivity contribution in [3.63, 3.8) is 0 Å². The Morgan fingerprint density at radius 3 is 2.50 bits per heavy atom. The van der Waals surface area contributed by atoms with Gasteiger partial charge in [0.2, 0.25) is 0 Å². The van der Waals surface area contributed by atoms with Crippen LogP contribution < -0.4 is 5.11 Å². The summed E-state index contributed by atoms with van der Waals surface area (Å²) in [7, 11) is 0. The maximum Gasteiger partial charge on any atom is 0.158 e. The Hall–Kier alpha value is -1.97. The fourth-order valence-corrected chi connectivity index (χ4v) is 2.56. The summed E-state index contributed by atoms with van der Waals surface area (Å²) in [5.74, 6) is -1.04. The van der Waals surface area contributed by atoms with Crippen LogP contribution in [0.1, 0.15) is 53.4 Å². The van der Waals surface area contributed by atoms with Crippen LogP contribution >= 0.6 is 0 Å². The quantitative estimate of drug-likeness (QED) is 0.706. The van der Waals surface area contributed by atoms with Crippen molar-refractivity contribution in [2.75, 3.05) is 0 Å². The zero-order valence-electron chi connectivity index (χ0n) is 13.7. The number of aliphatic carboxylic acids is 1. The monoisotopic (exact) mass is 303 g/mol. The zero-order valence-corrected chi connectivity index (χ0v) is 13.7. The minimum Gasteiger partial charge on any atom is -0.549 e. The lowest BCUT2D eigenvalue weighted by molar-refractivity contribution is -0.316. The van der Waals surface area contributed by atoms with E-state index in [0.717, 1.165) is 5.57 Å². The lowest BCUT2D eigenvalue weighted by Gasteiger charge is -2.36. The van der Waals surface area contributed by atoms with Crippen LogP contribution in [0.5, 0.6) is 0 Å². The number of rotatable bonds is 6. The van der Waals surface area contributed by atoms with Crippen molar-refractivity contribution in [3.8, 4) is 0 Å². The molecule has 120 valence electrons. The molecule has 0 aromatic rings. The van der Waals surface area contributed by atoms with E-state index in [2.05, 4.69) is 0 Å². The predicted octanol–water partition coefficient (Wildman–Crippen LogP) is 2.29. The molecule has 0 aromatic carbocycles. The van der Waals surface area contributed by atoms with Crippen molar-refractivity contribution in [2.24, 2.45) is 5.41 Å². The van der Waals surface area contributed by atoms with Gasteiger partial charge in [0.1, 0.15) is 5.78 Å². The molecule has 0 aromatic heterocycles. The highest BCUT2D eigenvalue weighted by atomic mass is 16.4. The van der Waals surface area contributed by atoms with E-state index in [1.54, 1.807) is 32.9 Å². The fourth-order valence-electron chi connectivity index (χ4n) is 2.56. The van der Waals surface area contributed by atoms with Gasteiger partial charge in [-0.3, -0.25) is 4.79 Å². The molecule has 0 heterocycles. The molecule has 4 heteroatoms. The molecular formula is C18H23O4-. The van der Waals surface area contributed by atoms with Gasteiger partial charge in [-0.25, -0.2) is 0 Å². The van der Waals surface area contributed by atoms with Gasteiger partial charge in [-0.1, -0.05) is 30.7 Å². The van der Waals surface area contributed by atoms with Crippen molar-refractivity contribution < 1.29 is 19.5 Å². The highest BCUT2D eigenvalue weighted by Gasteiger charge is 2.36. The number of ketones is 2. The molecule has 0 amide bonds. The van der Waals surface area contributed by atoms with E-state index < -0.39 is 11.4 Å². The van der Waals surface area contributed by atoms with Gasteiger partial charge >= 0.3 is 0 Å². The lowest BCUT2D eigenvalue weighted by Crippen LogP contribution is -2.44. The van der Waals surface area contributed by atoms with Crippen molar-refractivity contribution in [1.29, 1.82) is 0 Å². The molecule has 0 aliphatic heterocycles. The number of Topliss-reactive ketones (excluding diaryl/α,β-unsaturated/α-hetero) is 2. The second kappa shape index (κ2) is 7.34. The van der Waals surface area contributed by atoms with Crippen LogP contribution in [0, 0.1) is 5.41 Å². The van der Waals surface area contributed by atoms with E-state index in [1.807, 2.05) is 13.0 Å². The second-order valence-corrected chi connectivity index (χ2v) is 6.10. The Bertz CT molecular complexity index is 578. The van der Waals surface area contributed by atoms with Crippen LogP contribution in [0.3, 0.4) is 0 Å². The van der Waals surface area contributed by atoms with Gasteiger partial charge in [-0.15, -0.1) is 0 Å². The minimum atomic E-state index is -1.16. The van der Waals surface area contributed by atoms with E-state index in [1.165, 1.54) is 0 Å². The van der Waals surface area contributed by atoms with Crippen LogP contribution in [-0.4, -0.2) is 17.5 Å². The predicted molar refractivity (Wildman–Crippen MR) is 82.9 cm³/mol. The lowest BCUT2D eigenvalue weighted by atomic mass is 9.70. The first-order valence-corrected chi connectivity index (χ1v) is 7.48. The molecular weight excluding hydrogens is 280 g/mol. The minimum absolute atomic E-state index is 0.0170. The summed E-state index contributed by atoms with van der Waals surface area (Å²) < 4.78 is 0. The van der Waals surface area contributed by atoms with Crippen molar-refractivity contribution in [3.05, 3.63) is 34.9 Å². The maximum absolute atomic E-state index is 11.8. The molecule has 1 atom stereocenters. The molecule has 0 saturated heterocycles. The molecule has 0 saturated carbocycles. The standard InChI is InChI=1S/C18H24O4/c1-12(6-5-7-13(2)19)8-9-15-14(3)16(20)10-11-18(15,4)17(21)22/h6,8-9H,5,7,10-11H2,1-4H3,(H,21,22)/p-1/b9-8+,12-6+. The maximum atomic E-state index is 11.8. The van der Waals surface area contributed by atoms with Crippen molar-refractivity contribution in [1.82, 2.24) is 0 Å². The van der Waals surface area contributed by atoms with E-state index in [4.69, 9.17) is 0 Å². The third-order valence-corrected chi connectivity index (χ3v) is 4.19. The summed E-state index contributed by atoms with van der Waals surface area (Å²) in [5.41, 5.74) is 0.808. The highest BCUT2D eigenvalue weighted by molar-refractivity contribution is 5.99.